The maximum Gasteiger partial charge on any atom is 0.164 e. The Bertz CT molecular complexity index is 871. The average molecular weight is 322 g/mol. The highest BCUT2D eigenvalue weighted by atomic mass is 16.5. The first-order valence-corrected chi connectivity index (χ1v) is 8.49. The number of hydrogen-bond donors (Lipinski definition) is 1. The SMILES string of the molecule is CC(C)c1nnc2cc(OC3CCC(N)c4ccccc43)ccn12. The minimum absolute atomic E-state index is 0.0379. The van der Waals surface area contributed by atoms with E-state index in [4.69, 9.17) is 10.5 Å². The highest BCUT2D eigenvalue weighted by Gasteiger charge is 2.26. The van der Waals surface area contributed by atoms with Crippen LogP contribution < -0.4 is 10.5 Å². The average Bonchev–Trinajstić information content (AvgIpc) is 3.01. The van der Waals surface area contributed by atoms with Crippen LogP contribution >= 0.6 is 0 Å². The Hall–Kier alpha value is -2.40. The molecule has 124 valence electrons. The molecular formula is C19H22N4O. The van der Waals surface area contributed by atoms with Gasteiger partial charge in [-0.2, -0.15) is 0 Å². The molecule has 0 radical (unpaired) electrons. The van der Waals surface area contributed by atoms with Gasteiger partial charge in [-0.3, -0.25) is 4.40 Å². The van der Waals surface area contributed by atoms with E-state index in [1.54, 1.807) is 0 Å². The summed E-state index contributed by atoms with van der Waals surface area (Å²) in [5.41, 5.74) is 9.44. The van der Waals surface area contributed by atoms with Crippen molar-refractivity contribution in [3.8, 4) is 5.75 Å². The lowest BCUT2D eigenvalue weighted by Gasteiger charge is -2.30. The molecule has 0 saturated heterocycles. The Morgan fingerprint density at radius 1 is 1.12 bits per heavy atom. The molecule has 2 atom stereocenters. The lowest BCUT2D eigenvalue weighted by atomic mass is 9.86. The monoisotopic (exact) mass is 322 g/mol. The first-order valence-electron chi connectivity index (χ1n) is 8.49. The molecule has 1 aliphatic carbocycles. The van der Waals surface area contributed by atoms with Gasteiger partial charge in [0.15, 0.2) is 5.65 Å². The number of pyridine rings is 1. The van der Waals surface area contributed by atoms with Gasteiger partial charge in [0, 0.05) is 24.2 Å². The molecule has 2 unspecified atom stereocenters. The Kier molecular flexibility index (Phi) is 3.73. The van der Waals surface area contributed by atoms with Crippen molar-refractivity contribution in [3.05, 3.63) is 59.5 Å². The summed E-state index contributed by atoms with van der Waals surface area (Å²) in [5.74, 6) is 2.12. The van der Waals surface area contributed by atoms with Crippen LogP contribution in [0.3, 0.4) is 0 Å². The van der Waals surface area contributed by atoms with Gasteiger partial charge in [0.25, 0.3) is 0 Å². The zero-order valence-electron chi connectivity index (χ0n) is 14.0. The second-order valence-corrected chi connectivity index (χ2v) is 6.72. The summed E-state index contributed by atoms with van der Waals surface area (Å²) in [4.78, 5) is 0. The fourth-order valence-corrected chi connectivity index (χ4v) is 3.43. The first kappa shape index (κ1) is 15.1. The molecule has 3 aromatic rings. The van der Waals surface area contributed by atoms with Crippen LogP contribution in [0.2, 0.25) is 0 Å². The molecule has 0 fully saturated rings. The predicted octanol–water partition coefficient (Wildman–Crippen LogP) is 3.77. The van der Waals surface area contributed by atoms with E-state index < -0.39 is 0 Å². The number of ether oxygens (including phenoxy) is 1. The number of hydrogen-bond acceptors (Lipinski definition) is 4. The molecule has 2 aromatic heterocycles. The number of fused-ring (bicyclic) bond motifs is 2. The Balaban J connectivity index is 1.64. The molecule has 24 heavy (non-hydrogen) atoms. The van der Waals surface area contributed by atoms with Crippen LogP contribution in [0, 0.1) is 0 Å². The van der Waals surface area contributed by atoms with Gasteiger partial charge < -0.3 is 10.5 Å². The number of rotatable bonds is 3. The lowest BCUT2D eigenvalue weighted by Crippen LogP contribution is -2.23. The molecule has 5 nitrogen and oxygen atoms in total. The fraction of sp³-hybridized carbons (Fsp3) is 0.368. The Morgan fingerprint density at radius 3 is 2.71 bits per heavy atom. The molecule has 0 spiro atoms. The van der Waals surface area contributed by atoms with Crippen LogP contribution in [0.25, 0.3) is 5.65 Å². The molecule has 5 heteroatoms. The number of nitrogens with zero attached hydrogens (tertiary/aromatic N) is 3. The third-order valence-corrected chi connectivity index (χ3v) is 4.68. The van der Waals surface area contributed by atoms with Crippen LogP contribution in [-0.2, 0) is 0 Å². The molecule has 2 N–H and O–H groups in total. The standard InChI is InChI=1S/C19H22N4O/c1-12(2)19-22-21-18-11-13(9-10-23(18)19)24-17-8-7-16(20)14-5-3-4-6-15(14)17/h3-6,9-12,16-17H,7-8,20H2,1-2H3. The van der Waals surface area contributed by atoms with Gasteiger partial charge in [-0.1, -0.05) is 38.1 Å². The van der Waals surface area contributed by atoms with Crippen molar-refractivity contribution in [3.63, 3.8) is 0 Å². The number of nitrogens with two attached hydrogens (primary N) is 1. The van der Waals surface area contributed by atoms with Crippen molar-refractivity contribution in [1.82, 2.24) is 14.6 Å². The predicted molar refractivity (Wildman–Crippen MR) is 93.0 cm³/mol. The molecule has 0 amide bonds. The summed E-state index contributed by atoms with van der Waals surface area (Å²) in [6, 6.07) is 12.3. The van der Waals surface area contributed by atoms with Crippen molar-refractivity contribution in [2.75, 3.05) is 0 Å². The van der Waals surface area contributed by atoms with Gasteiger partial charge in [-0.25, -0.2) is 0 Å². The highest BCUT2D eigenvalue weighted by molar-refractivity contribution is 5.45. The van der Waals surface area contributed by atoms with E-state index in [0.29, 0.717) is 5.92 Å². The quantitative estimate of drug-likeness (QED) is 0.797. The molecule has 0 bridgehead atoms. The van der Waals surface area contributed by atoms with E-state index in [1.165, 1.54) is 11.1 Å². The van der Waals surface area contributed by atoms with Crippen molar-refractivity contribution in [2.24, 2.45) is 5.73 Å². The molecular weight excluding hydrogens is 300 g/mol. The van der Waals surface area contributed by atoms with Gasteiger partial charge in [0.05, 0.1) is 0 Å². The number of benzene rings is 1. The molecule has 4 rings (SSSR count). The largest absolute Gasteiger partial charge is 0.486 e. The van der Waals surface area contributed by atoms with Gasteiger partial charge in [-0.05, 0) is 30.0 Å². The highest BCUT2D eigenvalue weighted by Crippen LogP contribution is 2.37. The molecule has 0 saturated carbocycles. The van der Waals surface area contributed by atoms with E-state index in [1.807, 2.05) is 34.9 Å². The molecule has 1 aliphatic rings. The van der Waals surface area contributed by atoms with Gasteiger partial charge in [0.1, 0.15) is 17.7 Å². The summed E-state index contributed by atoms with van der Waals surface area (Å²) < 4.78 is 8.29. The van der Waals surface area contributed by atoms with Crippen LogP contribution in [-0.4, -0.2) is 14.6 Å². The van der Waals surface area contributed by atoms with Crippen LogP contribution in [0.15, 0.2) is 42.6 Å². The van der Waals surface area contributed by atoms with Crippen molar-refractivity contribution in [2.45, 2.75) is 44.8 Å². The maximum absolute atomic E-state index is 6.27. The topological polar surface area (TPSA) is 65.4 Å². The van der Waals surface area contributed by atoms with Crippen LogP contribution in [0.5, 0.6) is 5.75 Å². The summed E-state index contributed by atoms with van der Waals surface area (Å²) in [6.45, 7) is 4.23. The third kappa shape index (κ3) is 2.55. The zero-order valence-corrected chi connectivity index (χ0v) is 14.0. The van der Waals surface area contributed by atoms with Crippen LogP contribution in [0.4, 0.5) is 0 Å². The third-order valence-electron chi connectivity index (χ3n) is 4.68. The smallest absolute Gasteiger partial charge is 0.164 e. The number of aromatic nitrogens is 3. The maximum atomic E-state index is 6.27. The van der Waals surface area contributed by atoms with Crippen molar-refractivity contribution in [1.29, 1.82) is 0 Å². The zero-order chi connectivity index (χ0) is 16.7. The van der Waals surface area contributed by atoms with E-state index in [0.717, 1.165) is 30.1 Å². The van der Waals surface area contributed by atoms with E-state index in [2.05, 4.69) is 36.2 Å². The van der Waals surface area contributed by atoms with Crippen molar-refractivity contribution >= 4 is 5.65 Å². The summed E-state index contributed by atoms with van der Waals surface area (Å²) in [6.07, 6.45) is 3.89. The van der Waals surface area contributed by atoms with E-state index >= 15 is 0 Å². The van der Waals surface area contributed by atoms with E-state index in [9.17, 15) is 0 Å². The summed E-state index contributed by atoms with van der Waals surface area (Å²) in [7, 11) is 0. The molecule has 0 aliphatic heterocycles. The first-order chi connectivity index (χ1) is 11.6. The minimum atomic E-state index is 0.0379. The summed E-state index contributed by atoms with van der Waals surface area (Å²) in [5, 5.41) is 8.53. The Morgan fingerprint density at radius 2 is 1.92 bits per heavy atom. The van der Waals surface area contributed by atoms with Crippen LogP contribution in [0.1, 0.15) is 61.7 Å². The molecule has 2 heterocycles. The van der Waals surface area contributed by atoms with Crippen molar-refractivity contribution < 1.29 is 4.74 Å². The summed E-state index contributed by atoms with van der Waals surface area (Å²) >= 11 is 0. The van der Waals surface area contributed by atoms with Gasteiger partial charge >= 0.3 is 0 Å². The second-order valence-electron chi connectivity index (χ2n) is 6.72. The minimum Gasteiger partial charge on any atom is -0.486 e. The van der Waals surface area contributed by atoms with Gasteiger partial charge in [-0.15, -0.1) is 10.2 Å². The van der Waals surface area contributed by atoms with E-state index in [-0.39, 0.29) is 12.1 Å². The second kappa shape index (κ2) is 5.91. The molecule has 1 aromatic carbocycles. The fourth-order valence-electron chi connectivity index (χ4n) is 3.43. The Labute approximate surface area is 141 Å². The lowest BCUT2D eigenvalue weighted by molar-refractivity contribution is 0.177. The van der Waals surface area contributed by atoms with Gasteiger partial charge in [0.2, 0.25) is 0 Å². The normalized spacial score (nSPS) is 20.3.